The van der Waals surface area contributed by atoms with Crippen LogP contribution in [0, 0.1) is 0 Å². The zero-order valence-electron chi connectivity index (χ0n) is 10.7. The molecule has 6 heteroatoms. The molecule has 0 spiro atoms. The normalized spacial score (nSPS) is 12.2. The lowest BCUT2D eigenvalue weighted by atomic mass is 10.1. The quantitative estimate of drug-likeness (QED) is 0.761. The van der Waals surface area contributed by atoms with Crippen molar-refractivity contribution in [2.24, 2.45) is 0 Å². The maximum atomic E-state index is 11.6. The van der Waals surface area contributed by atoms with E-state index in [0.29, 0.717) is 28.8 Å². The van der Waals surface area contributed by atoms with Crippen molar-refractivity contribution < 1.29 is 14.6 Å². The first-order valence-electron chi connectivity index (χ1n) is 5.92. The summed E-state index contributed by atoms with van der Waals surface area (Å²) in [6.07, 6.45) is -0.205. The Morgan fingerprint density at radius 3 is 2.58 bits per heavy atom. The molecule has 0 radical (unpaired) electrons. The molecular weight excluding hydrogens is 289 g/mol. The molecular formula is C13H17Cl2NO3. The van der Waals surface area contributed by atoms with Gasteiger partial charge < -0.3 is 15.2 Å². The molecule has 0 fully saturated rings. The zero-order valence-corrected chi connectivity index (χ0v) is 12.2. The fraction of sp³-hybridized carbons (Fsp3) is 0.462. The van der Waals surface area contributed by atoms with Gasteiger partial charge in [-0.25, -0.2) is 0 Å². The van der Waals surface area contributed by atoms with Crippen LogP contribution in [0.5, 0.6) is 0 Å². The molecule has 1 rings (SSSR count). The summed E-state index contributed by atoms with van der Waals surface area (Å²) in [5.74, 6) is -0.222. The van der Waals surface area contributed by atoms with Crippen LogP contribution in [-0.2, 0) is 9.53 Å². The third-order valence-corrected chi connectivity index (χ3v) is 2.93. The first kappa shape index (κ1) is 16.2. The minimum absolute atomic E-state index is 0.0242. The van der Waals surface area contributed by atoms with Crippen molar-refractivity contribution in [3.63, 3.8) is 0 Å². The van der Waals surface area contributed by atoms with E-state index in [0.717, 1.165) is 6.42 Å². The minimum Gasteiger partial charge on any atom is -0.388 e. The van der Waals surface area contributed by atoms with Crippen LogP contribution in [0.1, 0.15) is 24.5 Å². The molecule has 19 heavy (non-hydrogen) atoms. The monoisotopic (exact) mass is 305 g/mol. The molecule has 106 valence electrons. The van der Waals surface area contributed by atoms with Gasteiger partial charge in [-0.15, -0.1) is 0 Å². The summed E-state index contributed by atoms with van der Waals surface area (Å²) >= 11 is 11.7. The van der Waals surface area contributed by atoms with Crippen LogP contribution in [0.3, 0.4) is 0 Å². The van der Waals surface area contributed by atoms with E-state index in [4.69, 9.17) is 27.9 Å². The lowest BCUT2D eigenvalue weighted by molar-refractivity contribution is -0.123. The SMILES string of the molecule is COCCCNC(=O)CC(O)c1cc(Cl)cc(Cl)c1. The first-order valence-corrected chi connectivity index (χ1v) is 6.68. The second-order valence-corrected chi connectivity index (χ2v) is 4.99. The zero-order chi connectivity index (χ0) is 14.3. The number of hydrogen-bond donors (Lipinski definition) is 2. The van der Waals surface area contributed by atoms with Gasteiger partial charge in [0, 0.05) is 30.3 Å². The van der Waals surface area contributed by atoms with E-state index in [1.54, 1.807) is 25.3 Å². The van der Waals surface area contributed by atoms with E-state index in [1.807, 2.05) is 0 Å². The van der Waals surface area contributed by atoms with Crippen molar-refractivity contribution in [1.82, 2.24) is 5.32 Å². The number of carbonyl (C=O) groups is 1. The Morgan fingerprint density at radius 2 is 2.00 bits per heavy atom. The number of amides is 1. The summed E-state index contributed by atoms with van der Waals surface area (Å²) in [7, 11) is 1.61. The minimum atomic E-state index is -0.918. The van der Waals surface area contributed by atoms with Crippen LogP contribution in [0.25, 0.3) is 0 Å². The van der Waals surface area contributed by atoms with E-state index < -0.39 is 6.10 Å². The Hall–Kier alpha value is -0.810. The van der Waals surface area contributed by atoms with Crippen LogP contribution in [0.15, 0.2) is 18.2 Å². The van der Waals surface area contributed by atoms with Gasteiger partial charge in [-0.1, -0.05) is 23.2 Å². The number of nitrogens with one attached hydrogen (secondary N) is 1. The average molecular weight is 306 g/mol. The molecule has 0 saturated heterocycles. The third kappa shape index (κ3) is 6.25. The Bertz CT molecular complexity index is 406. The van der Waals surface area contributed by atoms with E-state index in [2.05, 4.69) is 5.32 Å². The van der Waals surface area contributed by atoms with Gasteiger partial charge >= 0.3 is 0 Å². The first-order chi connectivity index (χ1) is 9.02. The Balaban J connectivity index is 2.45. The fourth-order valence-corrected chi connectivity index (χ4v) is 2.12. The number of halogens is 2. The summed E-state index contributed by atoms with van der Waals surface area (Å²) in [6, 6.07) is 4.76. The number of hydrogen-bond acceptors (Lipinski definition) is 3. The molecule has 0 aliphatic rings. The van der Waals surface area contributed by atoms with Crippen molar-refractivity contribution >= 4 is 29.1 Å². The standard InChI is InChI=1S/C13H17Cl2NO3/c1-19-4-2-3-16-13(18)8-12(17)9-5-10(14)7-11(15)6-9/h5-7,12,17H,2-4,8H2,1H3,(H,16,18). The highest BCUT2D eigenvalue weighted by Crippen LogP contribution is 2.25. The molecule has 0 aliphatic heterocycles. The molecule has 1 aromatic rings. The maximum Gasteiger partial charge on any atom is 0.222 e. The third-order valence-electron chi connectivity index (χ3n) is 2.50. The average Bonchev–Trinajstić information content (AvgIpc) is 2.33. The predicted octanol–water partition coefficient (Wildman–Crippen LogP) is 2.57. The molecule has 0 aromatic heterocycles. The van der Waals surface area contributed by atoms with Crippen LogP contribution in [0.4, 0.5) is 0 Å². The molecule has 4 nitrogen and oxygen atoms in total. The van der Waals surface area contributed by atoms with E-state index in [1.165, 1.54) is 0 Å². The molecule has 1 amide bonds. The Labute approximate surface area is 122 Å². The van der Waals surface area contributed by atoms with E-state index in [-0.39, 0.29) is 12.3 Å². The fourth-order valence-electron chi connectivity index (χ4n) is 1.58. The topological polar surface area (TPSA) is 58.6 Å². The number of ether oxygens (including phenoxy) is 1. The molecule has 0 heterocycles. The second-order valence-electron chi connectivity index (χ2n) is 4.12. The Kier molecular flexibility index (Phi) is 7.16. The lowest BCUT2D eigenvalue weighted by Gasteiger charge is -2.12. The molecule has 1 unspecified atom stereocenters. The van der Waals surface area contributed by atoms with Gasteiger partial charge in [0.25, 0.3) is 0 Å². The van der Waals surface area contributed by atoms with Gasteiger partial charge in [-0.05, 0) is 30.2 Å². The maximum absolute atomic E-state index is 11.6. The Morgan fingerprint density at radius 1 is 1.37 bits per heavy atom. The second kappa shape index (κ2) is 8.38. The highest BCUT2D eigenvalue weighted by molar-refractivity contribution is 6.34. The van der Waals surface area contributed by atoms with Gasteiger partial charge in [0.1, 0.15) is 0 Å². The van der Waals surface area contributed by atoms with Gasteiger partial charge in [-0.3, -0.25) is 4.79 Å². The molecule has 0 saturated carbocycles. The molecule has 2 N–H and O–H groups in total. The van der Waals surface area contributed by atoms with Crippen molar-refractivity contribution in [1.29, 1.82) is 0 Å². The predicted molar refractivity (Wildman–Crippen MR) is 75.5 cm³/mol. The summed E-state index contributed by atoms with van der Waals surface area (Å²) in [6.45, 7) is 1.11. The van der Waals surface area contributed by atoms with Gasteiger partial charge in [0.2, 0.25) is 5.91 Å². The number of carbonyl (C=O) groups excluding carboxylic acids is 1. The van der Waals surface area contributed by atoms with Crippen molar-refractivity contribution in [3.05, 3.63) is 33.8 Å². The molecule has 1 aromatic carbocycles. The summed E-state index contributed by atoms with van der Waals surface area (Å²) in [5.41, 5.74) is 0.532. The smallest absolute Gasteiger partial charge is 0.222 e. The summed E-state index contributed by atoms with van der Waals surface area (Å²) < 4.78 is 4.87. The number of rotatable bonds is 7. The van der Waals surface area contributed by atoms with Gasteiger partial charge in [-0.2, -0.15) is 0 Å². The van der Waals surface area contributed by atoms with Crippen LogP contribution in [-0.4, -0.2) is 31.3 Å². The highest BCUT2D eigenvalue weighted by atomic mass is 35.5. The largest absolute Gasteiger partial charge is 0.388 e. The number of benzene rings is 1. The van der Waals surface area contributed by atoms with E-state index >= 15 is 0 Å². The van der Waals surface area contributed by atoms with Crippen molar-refractivity contribution in [2.75, 3.05) is 20.3 Å². The van der Waals surface area contributed by atoms with Gasteiger partial charge in [0.05, 0.1) is 12.5 Å². The molecule has 0 bridgehead atoms. The van der Waals surface area contributed by atoms with Crippen LogP contribution >= 0.6 is 23.2 Å². The van der Waals surface area contributed by atoms with Crippen molar-refractivity contribution in [2.45, 2.75) is 18.9 Å². The van der Waals surface area contributed by atoms with Crippen LogP contribution < -0.4 is 5.32 Å². The highest BCUT2D eigenvalue weighted by Gasteiger charge is 2.13. The van der Waals surface area contributed by atoms with Gasteiger partial charge in [0.15, 0.2) is 0 Å². The number of aliphatic hydroxyl groups excluding tert-OH is 1. The molecule has 0 aliphatic carbocycles. The summed E-state index contributed by atoms with van der Waals surface area (Å²) in [5, 5.41) is 13.5. The van der Waals surface area contributed by atoms with Crippen LogP contribution in [0.2, 0.25) is 10.0 Å². The van der Waals surface area contributed by atoms with Crippen molar-refractivity contribution in [3.8, 4) is 0 Å². The summed E-state index contributed by atoms with van der Waals surface area (Å²) in [4.78, 5) is 11.6. The number of methoxy groups -OCH3 is 1. The lowest BCUT2D eigenvalue weighted by Crippen LogP contribution is -2.26. The molecule has 1 atom stereocenters. The van der Waals surface area contributed by atoms with E-state index in [9.17, 15) is 9.90 Å². The number of aliphatic hydroxyl groups is 1.